The molecule has 3 heterocycles. The zero-order chi connectivity index (χ0) is 23.2. The van der Waals surface area contributed by atoms with Crippen LogP contribution in [0.15, 0.2) is 24.3 Å². The van der Waals surface area contributed by atoms with Gasteiger partial charge in [0.25, 0.3) is 5.91 Å². The van der Waals surface area contributed by atoms with E-state index < -0.39 is 43.1 Å². The third-order valence-corrected chi connectivity index (χ3v) is 4.41. The molecule has 122 valence electrons. The number of hydrogen-bond acceptors (Lipinski definition) is 3. The van der Waals surface area contributed by atoms with Crippen molar-refractivity contribution in [2.45, 2.75) is 50.0 Å². The number of hydrogen-bond donors (Lipinski definition) is 1. The molecule has 1 amide bonds. The zero-order valence-electron chi connectivity index (χ0n) is 21.1. The van der Waals surface area contributed by atoms with Crippen LogP contribution in [0.25, 0.3) is 10.9 Å². The Labute approximate surface area is 147 Å². The molecular weight excluding hydrogens is 288 g/mol. The van der Waals surface area contributed by atoms with Crippen molar-refractivity contribution < 1.29 is 15.8 Å². The van der Waals surface area contributed by atoms with E-state index in [2.05, 4.69) is 10.4 Å². The van der Waals surface area contributed by atoms with Gasteiger partial charge in [0.2, 0.25) is 0 Å². The smallest absolute Gasteiger partial charge is 0.272 e. The molecule has 23 heavy (non-hydrogen) atoms. The highest BCUT2D eigenvalue weighted by atomic mass is 16.2. The number of para-hydroxylation sites is 1. The molecule has 2 aliphatic heterocycles. The molecule has 2 fully saturated rings. The highest BCUT2D eigenvalue weighted by Gasteiger charge is 2.36. The highest BCUT2D eigenvalue weighted by Crippen LogP contribution is 2.32. The Morgan fingerprint density at radius 1 is 1.30 bits per heavy atom. The number of piperidine rings is 2. The van der Waals surface area contributed by atoms with Gasteiger partial charge in [-0.25, -0.2) is 0 Å². The summed E-state index contributed by atoms with van der Waals surface area (Å²) < 4.78 is 68.8. The van der Waals surface area contributed by atoms with Crippen molar-refractivity contribution in [3.05, 3.63) is 30.0 Å². The van der Waals surface area contributed by atoms with Gasteiger partial charge in [-0.15, -0.1) is 0 Å². The van der Waals surface area contributed by atoms with Gasteiger partial charge in [-0.1, -0.05) is 24.6 Å². The molecule has 0 unspecified atom stereocenters. The molecule has 0 saturated carbocycles. The van der Waals surface area contributed by atoms with Crippen molar-refractivity contribution >= 4 is 16.8 Å². The summed E-state index contributed by atoms with van der Waals surface area (Å²) in [6, 6.07) is 1.70. The van der Waals surface area contributed by atoms with Gasteiger partial charge in [-0.05, 0) is 38.7 Å². The van der Waals surface area contributed by atoms with Crippen molar-refractivity contribution in [2.75, 3.05) is 7.05 Å². The number of carbonyl (C=O) groups is 1. The van der Waals surface area contributed by atoms with Gasteiger partial charge in [0.15, 0.2) is 5.69 Å². The van der Waals surface area contributed by atoms with Crippen molar-refractivity contribution in [3.63, 3.8) is 0 Å². The van der Waals surface area contributed by atoms with Gasteiger partial charge in [0.1, 0.15) is 0 Å². The van der Waals surface area contributed by atoms with Crippen molar-refractivity contribution in [1.82, 2.24) is 20.0 Å². The van der Waals surface area contributed by atoms with E-state index in [0.29, 0.717) is 5.39 Å². The minimum Gasteiger partial charge on any atom is -0.348 e. The minimum atomic E-state index is -3.08. The first kappa shape index (κ1) is 8.29. The fraction of sp³-hybridized carbons (Fsp3) is 0.556. The second kappa shape index (κ2) is 5.64. The molecule has 2 aliphatic rings. The molecule has 2 bridgehead atoms. The monoisotopic (exact) mass is 320 g/mol. The maximum absolute atomic E-state index is 13.0. The van der Waals surface area contributed by atoms with Crippen LogP contribution in [0.3, 0.4) is 0 Å². The number of nitrogens with one attached hydrogen (secondary N) is 1. The second-order valence-corrected chi connectivity index (χ2v) is 5.90. The molecule has 1 N–H and O–H groups in total. The number of aromatic nitrogens is 2. The Balaban J connectivity index is 1.72. The van der Waals surface area contributed by atoms with Crippen molar-refractivity contribution in [1.29, 1.82) is 0 Å². The van der Waals surface area contributed by atoms with Crippen LogP contribution in [0.4, 0.5) is 0 Å². The molecule has 1 aromatic heterocycles. The lowest BCUT2D eigenvalue weighted by Gasteiger charge is -2.47. The number of fused-ring (bicyclic) bond motifs is 3. The predicted octanol–water partition coefficient (Wildman–Crippen LogP) is 2.32. The lowest BCUT2D eigenvalue weighted by atomic mass is 9.82. The maximum Gasteiger partial charge on any atom is 0.272 e. The maximum atomic E-state index is 13.0. The molecule has 2 atom stereocenters. The van der Waals surface area contributed by atoms with Crippen LogP contribution in [0.5, 0.6) is 0 Å². The van der Waals surface area contributed by atoms with E-state index >= 15 is 0 Å². The Kier molecular flexibility index (Phi) is 2.03. The third kappa shape index (κ3) is 2.53. The van der Waals surface area contributed by atoms with Crippen molar-refractivity contribution in [3.8, 4) is 0 Å². The van der Waals surface area contributed by atoms with Crippen LogP contribution in [0, 0.1) is 0 Å². The molecule has 2 saturated heterocycles. The number of benzene rings is 1. The van der Waals surface area contributed by atoms with E-state index in [1.54, 1.807) is 23.9 Å². The molecule has 5 nitrogen and oxygen atoms in total. The van der Waals surface area contributed by atoms with E-state index in [-0.39, 0.29) is 18.5 Å². The summed E-state index contributed by atoms with van der Waals surface area (Å²) in [6.07, 6.45) is -9.57. The SMILES string of the molecule is [2H]C1([2H])C([2H])([2H])[C@]2([2H])CC(NC(=O)c3nn(C)c4ccccc34)C[C@]([2H])(N2C)C1([2H])[2H]. The number of carbonyl (C=O) groups excluding carboxylic acids is 1. The molecular formula is C18H24N4O. The first-order valence-corrected chi connectivity index (χ1v) is 7.58. The molecule has 5 heteroatoms. The topological polar surface area (TPSA) is 50.2 Å². The average Bonchev–Trinajstić information content (AvgIpc) is 3.02. The zero-order valence-corrected chi connectivity index (χ0v) is 13.1. The molecule has 0 spiro atoms. The Morgan fingerprint density at radius 3 is 2.74 bits per heavy atom. The first-order valence-electron chi connectivity index (χ1n) is 11.6. The summed E-state index contributed by atoms with van der Waals surface area (Å²) in [5.74, 6) is -0.569. The Hall–Kier alpha value is -1.88. The lowest BCUT2D eigenvalue weighted by molar-refractivity contribution is 0.0462. The highest BCUT2D eigenvalue weighted by molar-refractivity contribution is 6.04. The summed E-state index contributed by atoms with van der Waals surface area (Å²) >= 11 is 0. The van der Waals surface area contributed by atoms with Gasteiger partial charge >= 0.3 is 0 Å². The Bertz CT molecular complexity index is 1040. The lowest BCUT2D eigenvalue weighted by Crippen LogP contribution is -2.55. The fourth-order valence-corrected chi connectivity index (χ4v) is 3.16. The minimum absolute atomic E-state index is 0.140. The van der Waals surface area contributed by atoms with Gasteiger partial charge in [-0.3, -0.25) is 9.48 Å². The standard InChI is InChI=1S/C18H24N4O/c1-21-13-6-5-7-14(21)11-12(10-13)19-18(23)17-15-8-3-4-9-16(15)22(2)20-17/h3-4,8-9,12-14H,5-7,10-11H2,1-2H3,(H,19,23)/t13-,14-/m1/s1/i5D2,6D2,7D2,13D,14D. The van der Waals surface area contributed by atoms with Crippen molar-refractivity contribution in [2.24, 2.45) is 7.05 Å². The van der Waals surface area contributed by atoms with Crippen LogP contribution in [-0.2, 0) is 7.05 Å². The second-order valence-electron chi connectivity index (χ2n) is 5.90. The van der Waals surface area contributed by atoms with E-state index in [1.165, 1.54) is 7.05 Å². The van der Waals surface area contributed by atoms with Crippen LogP contribution >= 0.6 is 0 Å². The van der Waals surface area contributed by atoms with Gasteiger partial charge in [-0.2, -0.15) is 5.10 Å². The van der Waals surface area contributed by atoms with E-state index in [9.17, 15) is 4.79 Å². The van der Waals surface area contributed by atoms with E-state index in [4.69, 9.17) is 11.0 Å². The van der Waals surface area contributed by atoms with E-state index in [0.717, 1.165) is 10.4 Å². The predicted molar refractivity (Wildman–Crippen MR) is 90.4 cm³/mol. The molecule has 4 rings (SSSR count). The van der Waals surface area contributed by atoms with E-state index in [1.807, 2.05) is 12.1 Å². The van der Waals surface area contributed by atoms with Gasteiger partial charge < -0.3 is 10.2 Å². The van der Waals surface area contributed by atoms with Gasteiger partial charge in [0.05, 0.1) is 5.52 Å². The van der Waals surface area contributed by atoms with Crippen LogP contribution in [0.2, 0.25) is 0 Å². The quantitative estimate of drug-likeness (QED) is 0.924. The number of aryl methyl sites for hydroxylation is 1. The number of amides is 1. The summed E-state index contributed by atoms with van der Waals surface area (Å²) in [6.45, 7) is 0. The average molecular weight is 320 g/mol. The molecule has 1 aromatic carbocycles. The molecule has 0 radical (unpaired) electrons. The molecule has 2 aromatic rings. The summed E-state index contributed by atoms with van der Waals surface area (Å²) in [7, 11) is 2.97. The first-order chi connectivity index (χ1) is 14.1. The van der Waals surface area contributed by atoms with Crippen LogP contribution in [-0.4, -0.2) is 45.7 Å². The molecule has 0 aliphatic carbocycles. The third-order valence-electron chi connectivity index (χ3n) is 4.41. The fourth-order valence-electron chi connectivity index (χ4n) is 3.16. The number of rotatable bonds is 2. The van der Waals surface area contributed by atoms with Gasteiger partial charge in [0, 0.05) is 41.5 Å². The summed E-state index contributed by atoms with van der Waals surface area (Å²) in [5.41, 5.74) is 0.879. The summed E-state index contributed by atoms with van der Waals surface area (Å²) in [4.78, 5) is 14.0. The van der Waals surface area contributed by atoms with Crippen LogP contribution in [0.1, 0.15) is 53.4 Å². The number of nitrogens with zero attached hydrogens (tertiary/aromatic N) is 3. The largest absolute Gasteiger partial charge is 0.348 e. The Morgan fingerprint density at radius 2 is 2.00 bits per heavy atom. The summed E-state index contributed by atoms with van der Waals surface area (Å²) in [5, 5.41) is 7.57. The normalized spacial score (nSPS) is 46.1. The van der Waals surface area contributed by atoms with Crippen LogP contribution < -0.4 is 5.32 Å².